The van der Waals surface area contributed by atoms with Crippen LogP contribution in [0.4, 0.5) is 0 Å². The van der Waals surface area contributed by atoms with E-state index in [-0.39, 0.29) is 24.4 Å². The molecule has 0 saturated heterocycles. The Balaban J connectivity index is 0.00000256. The third kappa shape index (κ3) is 6.56. The van der Waals surface area contributed by atoms with Gasteiger partial charge in [-0.2, -0.15) is 0 Å². The zero-order chi connectivity index (χ0) is 12.0. The summed E-state index contributed by atoms with van der Waals surface area (Å²) in [6.07, 6.45) is 2.42. The molecule has 0 aliphatic rings. The van der Waals surface area contributed by atoms with E-state index in [1.54, 1.807) is 11.8 Å². The van der Waals surface area contributed by atoms with Crippen LogP contribution < -0.4 is 11.1 Å². The molecule has 1 atom stereocenters. The average Bonchev–Trinajstić information content (AvgIpc) is 2.26. The summed E-state index contributed by atoms with van der Waals surface area (Å²) in [7, 11) is 0. The molecule has 0 fully saturated rings. The molecule has 17 heavy (non-hydrogen) atoms. The van der Waals surface area contributed by atoms with E-state index < -0.39 is 0 Å². The second kappa shape index (κ2) is 8.39. The minimum Gasteiger partial charge on any atom is -0.352 e. The third-order valence-corrected chi connectivity index (χ3v) is 2.90. The molecular weight excluding hydrogens is 256 g/mol. The van der Waals surface area contributed by atoms with Gasteiger partial charge in [-0.1, -0.05) is 12.1 Å². The van der Waals surface area contributed by atoms with Gasteiger partial charge >= 0.3 is 0 Å². The Morgan fingerprint density at radius 3 is 2.47 bits per heavy atom. The Bertz CT molecular complexity index is 341. The van der Waals surface area contributed by atoms with Gasteiger partial charge in [-0.25, -0.2) is 0 Å². The standard InChI is InChI=1S/C12H18N2OS.ClH/c1-9(13)7-12(15)14-8-10-3-5-11(16-2)6-4-10;/h3-6,9H,7-8,13H2,1-2H3,(H,14,15);1H. The number of thioether (sulfide) groups is 1. The molecule has 0 aliphatic carbocycles. The molecule has 0 aromatic heterocycles. The maximum Gasteiger partial charge on any atom is 0.221 e. The van der Waals surface area contributed by atoms with Crippen LogP contribution in [0.1, 0.15) is 18.9 Å². The molecule has 3 nitrogen and oxygen atoms in total. The van der Waals surface area contributed by atoms with Gasteiger partial charge in [0.1, 0.15) is 0 Å². The third-order valence-electron chi connectivity index (χ3n) is 2.16. The highest BCUT2D eigenvalue weighted by molar-refractivity contribution is 7.98. The molecule has 0 radical (unpaired) electrons. The van der Waals surface area contributed by atoms with Crippen molar-refractivity contribution in [3.8, 4) is 0 Å². The Morgan fingerprint density at radius 1 is 1.41 bits per heavy atom. The molecule has 0 bridgehead atoms. The van der Waals surface area contributed by atoms with Gasteiger partial charge in [0.05, 0.1) is 0 Å². The van der Waals surface area contributed by atoms with Crippen molar-refractivity contribution in [2.45, 2.75) is 30.8 Å². The van der Waals surface area contributed by atoms with E-state index in [0.29, 0.717) is 13.0 Å². The number of carbonyl (C=O) groups excluding carboxylic acids is 1. The van der Waals surface area contributed by atoms with Gasteiger partial charge in [-0.05, 0) is 30.9 Å². The monoisotopic (exact) mass is 274 g/mol. The lowest BCUT2D eigenvalue weighted by Crippen LogP contribution is -2.29. The fourth-order valence-electron chi connectivity index (χ4n) is 1.31. The number of nitrogens with one attached hydrogen (secondary N) is 1. The quantitative estimate of drug-likeness (QED) is 0.810. The largest absolute Gasteiger partial charge is 0.352 e. The number of rotatable bonds is 5. The SMILES string of the molecule is CSc1ccc(CNC(=O)CC(C)N)cc1.Cl. The first kappa shape index (κ1) is 16.3. The van der Waals surface area contributed by atoms with Crippen molar-refractivity contribution in [1.29, 1.82) is 0 Å². The summed E-state index contributed by atoms with van der Waals surface area (Å²) < 4.78 is 0. The van der Waals surface area contributed by atoms with Crippen molar-refractivity contribution in [2.75, 3.05) is 6.26 Å². The second-order valence-corrected chi connectivity index (χ2v) is 4.69. The zero-order valence-corrected chi connectivity index (χ0v) is 11.7. The minimum atomic E-state index is -0.0844. The highest BCUT2D eigenvalue weighted by Crippen LogP contribution is 2.14. The highest BCUT2D eigenvalue weighted by atomic mass is 35.5. The van der Waals surface area contributed by atoms with E-state index in [9.17, 15) is 4.79 Å². The Hall–Kier alpha value is -0.710. The van der Waals surface area contributed by atoms with Crippen LogP contribution in [0.25, 0.3) is 0 Å². The smallest absolute Gasteiger partial charge is 0.221 e. The van der Waals surface area contributed by atoms with Crippen LogP contribution in [0.5, 0.6) is 0 Å². The van der Waals surface area contributed by atoms with Crippen molar-refractivity contribution < 1.29 is 4.79 Å². The van der Waals surface area contributed by atoms with Crippen LogP contribution >= 0.6 is 24.2 Å². The summed E-state index contributed by atoms with van der Waals surface area (Å²) in [4.78, 5) is 12.6. The van der Waals surface area contributed by atoms with E-state index in [1.165, 1.54) is 4.90 Å². The van der Waals surface area contributed by atoms with E-state index in [1.807, 2.05) is 25.3 Å². The Labute approximate surface area is 113 Å². The van der Waals surface area contributed by atoms with Crippen LogP contribution in [0.3, 0.4) is 0 Å². The van der Waals surface area contributed by atoms with Crippen molar-refractivity contribution in [3.05, 3.63) is 29.8 Å². The molecule has 1 unspecified atom stereocenters. The Morgan fingerprint density at radius 2 is 2.00 bits per heavy atom. The fourth-order valence-corrected chi connectivity index (χ4v) is 1.72. The van der Waals surface area contributed by atoms with E-state index in [0.717, 1.165) is 5.56 Å². The van der Waals surface area contributed by atoms with Crippen LogP contribution in [-0.2, 0) is 11.3 Å². The number of halogens is 1. The van der Waals surface area contributed by atoms with Crippen molar-refractivity contribution in [2.24, 2.45) is 5.73 Å². The number of carbonyl (C=O) groups is 1. The minimum absolute atomic E-state index is 0. The van der Waals surface area contributed by atoms with Crippen LogP contribution in [0.2, 0.25) is 0 Å². The predicted octanol–water partition coefficient (Wildman–Crippen LogP) is 2.18. The van der Waals surface area contributed by atoms with Gasteiger partial charge in [0.25, 0.3) is 0 Å². The van der Waals surface area contributed by atoms with E-state index in [2.05, 4.69) is 17.4 Å². The van der Waals surface area contributed by atoms with Crippen molar-refractivity contribution in [1.82, 2.24) is 5.32 Å². The lowest BCUT2D eigenvalue weighted by atomic mass is 10.2. The zero-order valence-electron chi connectivity index (χ0n) is 10.1. The summed E-state index contributed by atoms with van der Waals surface area (Å²) in [5.41, 5.74) is 6.64. The molecule has 96 valence electrons. The molecule has 1 aromatic rings. The molecule has 0 saturated carbocycles. The van der Waals surface area contributed by atoms with Crippen molar-refractivity contribution >= 4 is 30.1 Å². The predicted molar refractivity (Wildman–Crippen MR) is 75.6 cm³/mol. The normalized spacial score (nSPS) is 11.5. The maximum absolute atomic E-state index is 11.4. The summed E-state index contributed by atoms with van der Waals surface area (Å²) in [5, 5.41) is 2.84. The van der Waals surface area contributed by atoms with Crippen molar-refractivity contribution in [3.63, 3.8) is 0 Å². The first-order valence-corrected chi connectivity index (χ1v) is 6.49. The molecule has 0 aliphatic heterocycles. The van der Waals surface area contributed by atoms with Gasteiger partial charge in [0, 0.05) is 23.9 Å². The molecule has 1 rings (SSSR count). The lowest BCUT2D eigenvalue weighted by molar-refractivity contribution is -0.121. The van der Waals surface area contributed by atoms with Gasteiger partial charge in [0.2, 0.25) is 5.91 Å². The topological polar surface area (TPSA) is 55.1 Å². The lowest BCUT2D eigenvalue weighted by Gasteiger charge is -2.07. The molecule has 5 heteroatoms. The Kier molecular flexibility index (Phi) is 8.04. The molecule has 1 aromatic carbocycles. The summed E-state index contributed by atoms with van der Waals surface area (Å²) in [6.45, 7) is 2.40. The first-order chi connectivity index (χ1) is 7.61. The van der Waals surface area contributed by atoms with Gasteiger partial charge in [-0.15, -0.1) is 24.2 Å². The van der Waals surface area contributed by atoms with Crippen LogP contribution in [0, 0.1) is 0 Å². The van der Waals surface area contributed by atoms with Gasteiger partial charge < -0.3 is 11.1 Å². The maximum atomic E-state index is 11.4. The van der Waals surface area contributed by atoms with Crippen LogP contribution in [-0.4, -0.2) is 18.2 Å². The number of benzene rings is 1. The molecule has 3 N–H and O–H groups in total. The number of hydrogen-bond donors (Lipinski definition) is 2. The number of nitrogens with two attached hydrogens (primary N) is 1. The molecule has 0 heterocycles. The van der Waals surface area contributed by atoms with E-state index >= 15 is 0 Å². The highest BCUT2D eigenvalue weighted by Gasteiger charge is 2.04. The van der Waals surface area contributed by atoms with E-state index in [4.69, 9.17) is 5.73 Å². The number of amides is 1. The summed E-state index contributed by atoms with van der Waals surface area (Å²) in [5.74, 6) is 0.00365. The number of hydrogen-bond acceptors (Lipinski definition) is 3. The van der Waals surface area contributed by atoms with Crippen LogP contribution in [0.15, 0.2) is 29.2 Å². The molecule has 1 amide bonds. The molecular formula is C12H19ClN2OS. The fraction of sp³-hybridized carbons (Fsp3) is 0.417. The van der Waals surface area contributed by atoms with Gasteiger partial charge in [-0.3, -0.25) is 4.79 Å². The molecule has 0 spiro atoms. The second-order valence-electron chi connectivity index (χ2n) is 3.81. The van der Waals surface area contributed by atoms with Gasteiger partial charge in [0.15, 0.2) is 0 Å². The first-order valence-electron chi connectivity index (χ1n) is 5.27. The average molecular weight is 275 g/mol. The summed E-state index contributed by atoms with van der Waals surface area (Å²) >= 11 is 1.71. The summed E-state index contributed by atoms with van der Waals surface area (Å²) in [6, 6.07) is 8.07.